The van der Waals surface area contributed by atoms with Gasteiger partial charge in [-0.2, -0.15) is 0 Å². The third-order valence-corrected chi connectivity index (χ3v) is 3.20. The highest BCUT2D eigenvalue weighted by Crippen LogP contribution is 2.17. The van der Waals surface area contributed by atoms with Gasteiger partial charge in [0.15, 0.2) is 0 Å². The number of anilines is 1. The monoisotopic (exact) mass is 249 g/mol. The van der Waals surface area contributed by atoms with Crippen LogP contribution in [0.15, 0.2) is 12.3 Å². The average molecular weight is 249 g/mol. The van der Waals surface area contributed by atoms with Gasteiger partial charge < -0.3 is 15.8 Å². The Labute approximate surface area is 107 Å². The Morgan fingerprint density at radius 3 is 3.06 bits per heavy atom. The summed E-state index contributed by atoms with van der Waals surface area (Å²) in [5, 5.41) is 2.91. The van der Waals surface area contributed by atoms with Crippen LogP contribution in [0, 0.1) is 6.92 Å². The van der Waals surface area contributed by atoms with E-state index in [9.17, 15) is 4.79 Å². The fourth-order valence-corrected chi connectivity index (χ4v) is 2.15. The maximum Gasteiger partial charge on any atom is 0.255 e. The molecule has 1 fully saturated rings. The topological polar surface area (TPSA) is 77.2 Å². The predicted octanol–water partition coefficient (Wildman–Crippen LogP) is 1.27. The van der Waals surface area contributed by atoms with Crippen molar-refractivity contribution in [2.45, 2.75) is 38.8 Å². The summed E-state index contributed by atoms with van der Waals surface area (Å²) in [5.74, 6) is -0.192. The quantitative estimate of drug-likeness (QED) is 0.845. The molecule has 0 aliphatic carbocycles. The number of rotatable bonds is 3. The van der Waals surface area contributed by atoms with Crippen LogP contribution in [-0.2, 0) is 4.74 Å². The number of carbonyl (C=O) groups is 1. The van der Waals surface area contributed by atoms with E-state index in [1.165, 1.54) is 6.20 Å². The van der Waals surface area contributed by atoms with Crippen molar-refractivity contribution in [2.24, 2.45) is 0 Å². The molecular weight excluding hydrogens is 230 g/mol. The van der Waals surface area contributed by atoms with Gasteiger partial charge in [0.1, 0.15) is 0 Å². The number of aryl methyl sites for hydroxylation is 1. The van der Waals surface area contributed by atoms with Crippen LogP contribution in [0.2, 0.25) is 0 Å². The molecule has 1 amide bonds. The van der Waals surface area contributed by atoms with Crippen molar-refractivity contribution in [3.05, 3.63) is 23.5 Å². The second kappa shape index (κ2) is 5.35. The maximum atomic E-state index is 12.1. The van der Waals surface area contributed by atoms with Crippen molar-refractivity contribution >= 4 is 11.6 Å². The van der Waals surface area contributed by atoms with Crippen molar-refractivity contribution in [2.75, 3.05) is 12.3 Å². The van der Waals surface area contributed by atoms with Crippen LogP contribution in [0.5, 0.6) is 0 Å². The summed E-state index contributed by atoms with van der Waals surface area (Å²) in [7, 11) is 0. The zero-order valence-electron chi connectivity index (χ0n) is 10.8. The zero-order chi connectivity index (χ0) is 13.1. The van der Waals surface area contributed by atoms with Gasteiger partial charge in [0.2, 0.25) is 0 Å². The van der Waals surface area contributed by atoms with E-state index in [0.717, 1.165) is 25.1 Å². The first-order valence-corrected chi connectivity index (χ1v) is 6.22. The number of hydrogen-bond donors (Lipinski definition) is 2. The first-order chi connectivity index (χ1) is 8.58. The Morgan fingerprint density at radius 1 is 1.67 bits per heavy atom. The van der Waals surface area contributed by atoms with Gasteiger partial charge in [-0.3, -0.25) is 9.78 Å². The van der Waals surface area contributed by atoms with Crippen LogP contribution in [0.3, 0.4) is 0 Å². The predicted molar refractivity (Wildman–Crippen MR) is 69.3 cm³/mol. The Bertz CT molecular complexity index is 442. The third kappa shape index (κ3) is 2.79. The molecule has 98 valence electrons. The van der Waals surface area contributed by atoms with Crippen LogP contribution in [-0.4, -0.2) is 29.6 Å². The number of nitrogen functional groups attached to an aromatic ring is 1. The minimum Gasteiger partial charge on any atom is -0.398 e. The van der Waals surface area contributed by atoms with Crippen LogP contribution in [0.1, 0.15) is 35.8 Å². The number of aromatic nitrogens is 1. The molecule has 1 aliphatic rings. The molecule has 1 aromatic rings. The molecule has 5 heteroatoms. The van der Waals surface area contributed by atoms with Gasteiger partial charge in [0.25, 0.3) is 5.91 Å². The van der Waals surface area contributed by atoms with Gasteiger partial charge >= 0.3 is 0 Å². The third-order valence-electron chi connectivity index (χ3n) is 3.20. The molecule has 0 saturated carbocycles. The van der Waals surface area contributed by atoms with E-state index in [2.05, 4.69) is 10.3 Å². The Kier molecular flexibility index (Phi) is 3.81. The molecule has 0 radical (unpaired) electrons. The number of nitrogens with one attached hydrogen (secondary N) is 1. The summed E-state index contributed by atoms with van der Waals surface area (Å²) >= 11 is 0. The average Bonchev–Trinajstić information content (AvgIpc) is 2.81. The molecule has 1 aromatic heterocycles. The summed E-state index contributed by atoms with van der Waals surface area (Å²) in [4.78, 5) is 16.2. The van der Waals surface area contributed by atoms with Crippen molar-refractivity contribution in [1.29, 1.82) is 0 Å². The van der Waals surface area contributed by atoms with E-state index in [-0.39, 0.29) is 18.1 Å². The lowest BCUT2D eigenvalue weighted by Crippen LogP contribution is -2.41. The molecule has 0 aromatic carbocycles. The van der Waals surface area contributed by atoms with Crippen LogP contribution >= 0.6 is 0 Å². The van der Waals surface area contributed by atoms with Crippen molar-refractivity contribution in [1.82, 2.24) is 10.3 Å². The maximum absolute atomic E-state index is 12.1. The lowest BCUT2D eigenvalue weighted by atomic mass is 10.1. The number of amides is 1. The highest BCUT2D eigenvalue weighted by molar-refractivity contribution is 5.99. The molecule has 1 saturated heterocycles. The number of hydrogen-bond acceptors (Lipinski definition) is 4. The minimum atomic E-state index is -0.192. The molecule has 2 heterocycles. The summed E-state index contributed by atoms with van der Waals surface area (Å²) in [5.41, 5.74) is 7.50. The second-order valence-corrected chi connectivity index (χ2v) is 4.73. The molecule has 18 heavy (non-hydrogen) atoms. The SMILES string of the molecule is Cc1cc(N)c(C(=O)NC(C)C2CCCO2)cn1. The molecule has 2 unspecified atom stereocenters. The fraction of sp³-hybridized carbons (Fsp3) is 0.538. The van der Waals surface area contributed by atoms with Crippen LogP contribution in [0.25, 0.3) is 0 Å². The van der Waals surface area contributed by atoms with E-state index in [1.54, 1.807) is 6.07 Å². The lowest BCUT2D eigenvalue weighted by Gasteiger charge is -2.20. The molecule has 1 aliphatic heterocycles. The number of nitrogens with zero attached hydrogens (tertiary/aromatic N) is 1. The highest BCUT2D eigenvalue weighted by Gasteiger charge is 2.24. The van der Waals surface area contributed by atoms with E-state index in [0.29, 0.717) is 11.3 Å². The normalized spacial score (nSPS) is 20.7. The smallest absolute Gasteiger partial charge is 0.255 e. The first-order valence-electron chi connectivity index (χ1n) is 6.22. The fourth-order valence-electron chi connectivity index (χ4n) is 2.15. The molecule has 0 spiro atoms. The van der Waals surface area contributed by atoms with E-state index in [1.807, 2.05) is 13.8 Å². The van der Waals surface area contributed by atoms with Crippen LogP contribution in [0.4, 0.5) is 5.69 Å². The summed E-state index contributed by atoms with van der Waals surface area (Å²) in [6.45, 7) is 4.57. The number of carbonyl (C=O) groups excluding carboxylic acids is 1. The Balaban J connectivity index is 2.02. The first kappa shape index (κ1) is 12.8. The van der Waals surface area contributed by atoms with Crippen LogP contribution < -0.4 is 11.1 Å². The van der Waals surface area contributed by atoms with Gasteiger partial charge in [0, 0.05) is 24.2 Å². The zero-order valence-corrected chi connectivity index (χ0v) is 10.8. The Hall–Kier alpha value is -1.62. The number of pyridine rings is 1. The molecule has 3 N–H and O–H groups in total. The molecular formula is C13H19N3O2. The molecule has 2 atom stereocenters. The lowest BCUT2D eigenvalue weighted by molar-refractivity contribution is 0.0712. The summed E-state index contributed by atoms with van der Waals surface area (Å²) in [6.07, 6.45) is 3.67. The van der Waals surface area contributed by atoms with Gasteiger partial charge in [-0.05, 0) is 32.8 Å². The number of ether oxygens (including phenoxy) is 1. The molecule has 5 nitrogen and oxygen atoms in total. The largest absolute Gasteiger partial charge is 0.398 e. The van der Waals surface area contributed by atoms with E-state index in [4.69, 9.17) is 10.5 Å². The van der Waals surface area contributed by atoms with E-state index < -0.39 is 0 Å². The van der Waals surface area contributed by atoms with E-state index >= 15 is 0 Å². The van der Waals surface area contributed by atoms with Crippen molar-refractivity contribution in [3.8, 4) is 0 Å². The minimum absolute atomic E-state index is 0.0132. The van der Waals surface area contributed by atoms with Gasteiger partial charge in [0.05, 0.1) is 17.7 Å². The molecule has 0 bridgehead atoms. The highest BCUT2D eigenvalue weighted by atomic mass is 16.5. The second-order valence-electron chi connectivity index (χ2n) is 4.73. The van der Waals surface area contributed by atoms with Gasteiger partial charge in [-0.1, -0.05) is 0 Å². The van der Waals surface area contributed by atoms with Gasteiger partial charge in [-0.15, -0.1) is 0 Å². The van der Waals surface area contributed by atoms with Gasteiger partial charge in [-0.25, -0.2) is 0 Å². The number of nitrogens with two attached hydrogens (primary N) is 1. The summed E-state index contributed by atoms with van der Waals surface area (Å²) < 4.78 is 5.54. The summed E-state index contributed by atoms with van der Waals surface area (Å²) in [6, 6.07) is 1.69. The molecule has 2 rings (SSSR count). The standard InChI is InChI=1S/C13H19N3O2/c1-8-6-11(14)10(7-15-8)13(17)16-9(2)12-4-3-5-18-12/h6-7,9,12H,3-5H2,1-2H3,(H2,14,15)(H,16,17). The van der Waals surface area contributed by atoms with Crippen molar-refractivity contribution < 1.29 is 9.53 Å². The van der Waals surface area contributed by atoms with Crippen molar-refractivity contribution in [3.63, 3.8) is 0 Å². The Morgan fingerprint density at radius 2 is 2.44 bits per heavy atom.